The van der Waals surface area contributed by atoms with Gasteiger partial charge in [0.25, 0.3) is 0 Å². The number of rotatable bonds is 4. The first kappa shape index (κ1) is 17.6. The van der Waals surface area contributed by atoms with Gasteiger partial charge in [-0.05, 0) is 24.3 Å². The van der Waals surface area contributed by atoms with E-state index in [9.17, 15) is 8.42 Å². The smallest absolute Gasteiger partial charge is 0.222 e. The number of ether oxygens (including phenoxy) is 2. The number of hydrogen-bond acceptors (Lipinski definition) is 6. The molecule has 0 saturated carbocycles. The topological polar surface area (TPSA) is 97.4 Å². The fourth-order valence-corrected chi connectivity index (χ4v) is 4.19. The second-order valence-corrected chi connectivity index (χ2v) is 7.70. The molecule has 0 bridgehead atoms. The molecule has 1 aliphatic heterocycles. The van der Waals surface area contributed by atoms with E-state index in [2.05, 4.69) is 14.8 Å². The molecule has 0 unspecified atom stereocenters. The van der Waals surface area contributed by atoms with Crippen molar-refractivity contribution in [2.75, 3.05) is 13.7 Å². The highest BCUT2D eigenvalue weighted by molar-refractivity contribution is 7.94. The van der Waals surface area contributed by atoms with Crippen LogP contribution in [0.15, 0.2) is 47.6 Å². The molecule has 3 heterocycles. The quantitative estimate of drug-likeness (QED) is 0.659. The van der Waals surface area contributed by atoms with Crippen molar-refractivity contribution in [1.29, 1.82) is 0 Å². The predicted molar refractivity (Wildman–Crippen MR) is 99.2 cm³/mol. The Hall–Kier alpha value is -2.78. The SMILES string of the molecule is COc1ccc(Cl)cc1S(=O)(=O)[N-]c1cnc2c(c1)-c1ccnn1CCO2. The molecule has 140 valence electrons. The maximum absolute atomic E-state index is 12.8. The summed E-state index contributed by atoms with van der Waals surface area (Å²) in [4.78, 5) is 4.10. The second kappa shape index (κ2) is 6.75. The van der Waals surface area contributed by atoms with E-state index < -0.39 is 10.0 Å². The van der Waals surface area contributed by atoms with Crippen molar-refractivity contribution in [3.63, 3.8) is 0 Å². The molecule has 3 aromatic rings. The number of fused-ring (bicyclic) bond motifs is 3. The second-order valence-electron chi connectivity index (χ2n) is 5.70. The molecule has 2 aromatic heterocycles. The lowest BCUT2D eigenvalue weighted by atomic mass is 10.2. The van der Waals surface area contributed by atoms with Crippen LogP contribution in [0.4, 0.5) is 5.69 Å². The average Bonchev–Trinajstić information content (AvgIpc) is 3.04. The number of halogens is 1. The van der Waals surface area contributed by atoms with Gasteiger partial charge in [0.15, 0.2) is 0 Å². The molecule has 0 radical (unpaired) electrons. The van der Waals surface area contributed by atoms with Gasteiger partial charge in [-0.3, -0.25) is 4.68 Å². The number of pyridine rings is 1. The van der Waals surface area contributed by atoms with Crippen LogP contribution in [0.3, 0.4) is 0 Å². The number of benzene rings is 1. The highest BCUT2D eigenvalue weighted by Gasteiger charge is 2.18. The van der Waals surface area contributed by atoms with Crippen LogP contribution in [0.2, 0.25) is 5.02 Å². The van der Waals surface area contributed by atoms with Gasteiger partial charge in [0.2, 0.25) is 5.88 Å². The van der Waals surface area contributed by atoms with E-state index in [1.54, 1.807) is 23.0 Å². The van der Waals surface area contributed by atoms with E-state index in [1.165, 1.54) is 25.4 Å². The molecule has 0 fully saturated rings. The predicted octanol–water partition coefficient (Wildman–Crippen LogP) is 3.39. The molecule has 0 amide bonds. The number of aromatic nitrogens is 3. The van der Waals surface area contributed by atoms with Crippen molar-refractivity contribution < 1.29 is 17.9 Å². The van der Waals surface area contributed by atoms with Crippen LogP contribution in [-0.4, -0.2) is 36.9 Å². The van der Waals surface area contributed by atoms with Crippen molar-refractivity contribution in [2.24, 2.45) is 0 Å². The van der Waals surface area contributed by atoms with Crippen molar-refractivity contribution in [3.8, 4) is 22.9 Å². The maximum atomic E-state index is 12.8. The summed E-state index contributed by atoms with van der Waals surface area (Å²) in [6.45, 7) is 0.992. The molecular weight excluding hydrogens is 392 g/mol. The summed E-state index contributed by atoms with van der Waals surface area (Å²) in [6.07, 6.45) is 3.02. The van der Waals surface area contributed by atoms with Gasteiger partial charge >= 0.3 is 0 Å². The Balaban J connectivity index is 1.74. The van der Waals surface area contributed by atoms with Crippen molar-refractivity contribution in [1.82, 2.24) is 14.8 Å². The molecule has 0 atom stereocenters. The van der Waals surface area contributed by atoms with Gasteiger partial charge in [-0.25, -0.2) is 13.4 Å². The molecule has 0 aliphatic carbocycles. The standard InChI is InChI=1S/C17H14ClN4O4S/c1-25-15-3-2-11(18)8-16(15)27(23,24)21-12-9-13-14-4-5-20-22(14)6-7-26-17(13)19-10-12/h2-5,8-10H,6-7H2,1H3/q-1. The minimum atomic E-state index is -4.07. The van der Waals surface area contributed by atoms with Gasteiger partial charge < -0.3 is 14.2 Å². The summed E-state index contributed by atoms with van der Waals surface area (Å²) in [5.74, 6) is 0.568. The number of sulfonamides is 1. The van der Waals surface area contributed by atoms with Gasteiger partial charge in [-0.1, -0.05) is 17.7 Å². The zero-order valence-corrected chi connectivity index (χ0v) is 15.7. The molecule has 0 spiro atoms. The van der Waals surface area contributed by atoms with Crippen LogP contribution in [0, 0.1) is 0 Å². The summed E-state index contributed by atoms with van der Waals surface area (Å²) >= 11 is 5.94. The van der Waals surface area contributed by atoms with E-state index in [0.717, 1.165) is 5.69 Å². The number of methoxy groups -OCH3 is 1. The first-order chi connectivity index (χ1) is 13.0. The molecule has 0 N–H and O–H groups in total. The van der Waals surface area contributed by atoms with Crippen LogP contribution in [0.5, 0.6) is 11.6 Å². The van der Waals surface area contributed by atoms with Gasteiger partial charge in [-0.2, -0.15) is 5.10 Å². The Morgan fingerprint density at radius 2 is 2.15 bits per heavy atom. The zero-order valence-electron chi connectivity index (χ0n) is 14.2. The van der Waals surface area contributed by atoms with E-state index >= 15 is 0 Å². The summed E-state index contributed by atoms with van der Waals surface area (Å²) in [6, 6.07) is 7.74. The number of nitrogens with zero attached hydrogens (tertiary/aromatic N) is 4. The fraction of sp³-hybridized carbons (Fsp3) is 0.176. The molecule has 27 heavy (non-hydrogen) atoms. The average molecular weight is 406 g/mol. The maximum Gasteiger partial charge on any atom is 0.222 e. The Bertz CT molecular complexity index is 1110. The monoisotopic (exact) mass is 405 g/mol. The molecule has 4 rings (SSSR count). The van der Waals surface area contributed by atoms with Crippen molar-refractivity contribution >= 4 is 27.3 Å². The zero-order chi connectivity index (χ0) is 19.0. The Morgan fingerprint density at radius 1 is 1.30 bits per heavy atom. The summed E-state index contributed by atoms with van der Waals surface area (Å²) in [5, 5.41) is 4.49. The van der Waals surface area contributed by atoms with E-state index in [1.807, 2.05) is 6.07 Å². The van der Waals surface area contributed by atoms with E-state index in [-0.39, 0.29) is 21.4 Å². The van der Waals surface area contributed by atoms with E-state index in [0.29, 0.717) is 24.6 Å². The largest absolute Gasteiger partial charge is 0.571 e. The van der Waals surface area contributed by atoms with Crippen LogP contribution in [0.1, 0.15) is 0 Å². The van der Waals surface area contributed by atoms with Crippen molar-refractivity contribution in [3.05, 3.63) is 52.5 Å². The summed E-state index contributed by atoms with van der Waals surface area (Å²) in [7, 11) is -2.69. The van der Waals surface area contributed by atoms with Crippen molar-refractivity contribution in [2.45, 2.75) is 11.4 Å². The lowest BCUT2D eigenvalue weighted by molar-refractivity contribution is 0.290. The Labute approximate surface area is 160 Å². The lowest BCUT2D eigenvalue weighted by Gasteiger charge is -2.23. The molecule has 1 aromatic carbocycles. The normalized spacial score (nSPS) is 13.1. The van der Waals surface area contributed by atoms with Crippen LogP contribution in [-0.2, 0) is 16.6 Å². The molecule has 10 heteroatoms. The first-order valence-electron chi connectivity index (χ1n) is 7.94. The Kier molecular flexibility index (Phi) is 4.40. The summed E-state index contributed by atoms with van der Waals surface area (Å²) < 4.78 is 42.0. The van der Waals surface area contributed by atoms with Gasteiger partial charge in [0.05, 0.1) is 29.8 Å². The Morgan fingerprint density at radius 3 is 2.96 bits per heavy atom. The number of hydrogen-bond donors (Lipinski definition) is 0. The molecule has 0 saturated heterocycles. The van der Waals surface area contributed by atoms with Crippen LogP contribution in [0.25, 0.3) is 16.0 Å². The third kappa shape index (κ3) is 3.31. The first-order valence-corrected chi connectivity index (χ1v) is 9.76. The highest BCUT2D eigenvalue weighted by Crippen LogP contribution is 2.38. The third-order valence-electron chi connectivity index (χ3n) is 4.00. The van der Waals surface area contributed by atoms with Gasteiger partial charge in [0, 0.05) is 17.4 Å². The van der Waals surface area contributed by atoms with Gasteiger partial charge in [-0.15, -0.1) is 5.69 Å². The minimum Gasteiger partial charge on any atom is -0.571 e. The highest BCUT2D eigenvalue weighted by atomic mass is 35.5. The summed E-state index contributed by atoms with van der Waals surface area (Å²) in [5.41, 5.74) is 1.57. The molecular formula is C17H14ClN4O4S-. The van der Waals surface area contributed by atoms with E-state index in [4.69, 9.17) is 21.1 Å². The molecule has 8 nitrogen and oxygen atoms in total. The van der Waals surface area contributed by atoms with Gasteiger partial charge in [0.1, 0.15) is 22.4 Å². The molecule has 1 aliphatic rings. The third-order valence-corrected chi connectivity index (χ3v) is 5.56. The lowest BCUT2D eigenvalue weighted by Crippen LogP contribution is -2.06. The van der Waals surface area contributed by atoms with Crippen LogP contribution >= 0.6 is 11.6 Å². The fourth-order valence-electron chi connectivity index (χ4n) is 2.80. The minimum absolute atomic E-state index is 0.117. The van der Waals surface area contributed by atoms with Crippen LogP contribution < -0.4 is 9.47 Å².